The highest BCUT2D eigenvalue weighted by molar-refractivity contribution is 5.35. The van der Waals surface area contributed by atoms with Gasteiger partial charge in [0.2, 0.25) is 0 Å². The molecule has 0 saturated carbocycles. The summed E-state index contributed by atoms with van der Waals surface area (Å²) in [6, 6.07) is 14.2. The normalized spacial score (nSPS) is 11.7. The molecule has 0 radical (unpaired) electrons. The SMILES string of the molecule is CC(N)Cc1cccc(OCc2cccc(C#N)c2F)c1. The average Bonchev–Trinajstić information content (AvgIpc) is 2.46. The predicted molar refractivity (Wildman–Crippen MR) is 79.2 cm³/mol. The smallest absolute Gasteiger partial charge is 0.147 e. The molecule has 0 bridgehead atoms. The van der Waals surface area contributed by atoms with Gasteiger partial charge in [0.15, 0.2) is 0 Å². The Labute approximate surface area is 123 Å². The van der Waals surface area contributed by atoms with Crippen molar-refractivity contribution < 1.29 is 9.13 Å². The van der Waals surface area contributed by atoms with E-state index in [-0.39, 0.29) is 18.2 Å². The summed E-state index contributed by atoms with van der Waals surface area (Å²) in [7, 11) is 0. The first-order chi connectivity index (χ1) is 10.1. The van der Waals surface area contributed by atoms with E-state index in [1.54, 1.807) is 12.1 Å². The number of nitrogens with two attached hydrogens (primary N) is 1. The first-order valence-corrected chi connectivity index (χ1v) is 6.75. The monoisotopic (exact) mass is 284 g/mol. The molecule has 2 rings (SSSR count). The summed E-state index contributed by atoms with van der Waals surface area (Å²) >= 11 is 0. The zero-order valence-electron chi connectivity index (χ0n) is 11.8. The lowest BCUT2D eigenvalue weighted by Gasteiger charge is -2.10. The Morgan fingerprint density at radius 3 is 2.76 bits per heavy atom. The van der Waals surface area contributed by atoms with Gasteiger partial charge in [0, 0.05) is 11.6 Å². The minimum Gasteiger partial charge on any atom is -0.489 e. The summed E-state index contributed by atoms with van der Waals surface area (Å²) in [5, 5.41) is 8.81. The minimum atomic E-state index is -0.522. The van der Waals surface area contributed by atoms with E-state index in [4.69, 9.17) is 15.7 Å². The third-order valence-electron chi connectivity index (χ3n) is 3.05. The topological polar surface area (TPSA) is 59.0 Å². The van der Waals surface area contributed by atoms with Crippen LogP contribution in [0, 0.1) is 17.1 Å². The maximum atomic E-state index is 13.9. The number of hydrogen-bond acceptors (Lipinski definition) is 3. The summed E-state index contributed by atoms with van der Waals surface area (Å²) < 4.78 is 19.5. The van der Waals surface area contributed by atoms with Gasteiger partial charge in [-0.15, -0.1) is 0 Å². The molecule has 0 aromatic heterocycles. The molecule has 0 aliphatic rings. The Bertz CT molecular complexity index is 662. The van der Waals surface area contributed by atoms with Crippen LogP contribution in [0.1, 0.15) is 23.6 Å². The van der Waals surface area contributed by atoms with Crippen molar-refractivity contribution in [2.45, 2.75) is 26.0 Å². The quantitative estimate of drug-likeness (QED) is 0.917. The van der Waals surface area contributed by atoms with E-state index in [0.717, 1.165) is 12.0 Å². The molecule has 21 heavy (non-hydrogen) atoms. The van der Waals surface area contributed by atoms with Gasteiger partial charge in [-0.1, -0.05) is 24.3 Å². The van der Waals surface area contributed by atoms with Gasteiger partial charge >= 0.3 is 0 Å². The Morgan fingerprint density at radius 2 is 2.05 bits per heavy atom. The fraction of sp³-hybridized carbons (Fsp3) is 0.235. The van der Waals surface area contributed by atoms with Crippen LogP contribution in [0.5, 0.6) is 5.75 Å². The van der Waals surface area contributed by atoms with Gasteiger partial charge in [-0.2, -0.15) is 5.26 Å². The van der Waals surface area contributed by atoms with Gasteiger partial charge in [0.05, 0.1) is 5.56 Å². The largest absolute Gasteiger partial charge is 0.489 e. The van der Waals surface area contributed by atoms with Gasteiger partial charge in [-0.3, -0.25) is 0 Å². The van der Waals surface area contributed by atoms with Gasteiger partial charge in [-0.05, 0) is 37.1 Å². The maximum Gasteiger partial charge on any atom is 0.147 e. The molecule has 0 aliphatic carbocycles. The van der Waals surface area contributed by atoms with E-state index < -0.39 is 5.82 Å². The molecule has 0 amide bonds. The minimum absolute atomic E-state index is 0.0295. The summed E-state index contributed by atoms with van der Waals surface area (Å²) in [6.07, 6.45) is 0.759. The highest BCUT2D eigenvalue weighted by Gasteiger charge is 2.08. The molecular formula is C17H17FN2O. The Hall–Kier alpha value is -2.38. The fourth-order valence-corrected chi connectivity index (χ4v) is 2.07. The van der Waals surface area contributed by atoms with E-state index in [2.05, 4.69) is 0 Å². The van der Waals surface area contributed by atoms with Crippen molar-refractivity contribution in [1.82, 2.24) is 0 Å². The molecule has 0 spiro atoms. The molecule has 4 heteroatoms. The fourth-order valence-electron chi connectivity index (χ4n) is 2.07. The summed E-state index contributed by atoms with van der Waals surface area (Å²) in [6.45, 7) is 2.03. The maximum absolute atomic E-state index is 13.9. The lowest BCUT2D eigenvalue weighted by Crippen LogP contribution is -2.17. The van der Waals surface area contributed by atoms with Crippen LogP contribution in [-0.4, -0.2) is 6.04 Å². The van der Waals surface area contributed by atoms with Crippen molar-refractivity contribution in [3.8, 4) is 11.8 Å². The van der Waals surface area contributed by atoms with Crippen LogP contribution in [0.25, 0.3) is 0 Å². The third-order valence-corrected chi connectivity index (χ3v) is 3.05. The van der Waals surface area contributed by atoms with Crippen LogP contribution in [0.2, 0.25) is 0 Å². The van der Waals surface area contributed by atoms with E-state index in [1.165, 1.54) is 6.07 Å². The van der Waals surface area contributed by atoms with Crippen molar-refractivity contribution in [3.63, 3.8) is 0 Å². The standard InChI is InChI=1S/C17H17FN2O/c1-12(20)8-13-4-2-7-16(9-13)21-11-15-6-3-5-14(10-19)17(15)18/h2-7,9,12H,8,11,20H2,1H3. The number of nitrogens with zero attached hydrogens (tertiary/aromatic N) is 1. The summed E-state index contributed by atoms with van der Waals surface area (Å²) in [5.41, 5.74) is 7.24. The van der Waals surface area contributed by atoms with Crippen molar-refractivity contribution in [2.24, 2.45) is 5.73 Å². The lowest BCUT2D eigenvalue weighted by molar-refractivity contribution is 0.299. The molecule has 0 aliphatic heterocycles. The molecule has 108 valence electrons. The van der Waals surface area contributed by atoms with Crippen LogP contribution >= 0.6 is 0 Å². The van der Waals surface area contributed by atoms with Gasteiger partial charge in [0.25, 0.3) is 0 Å². The number of hydrogen-bond donors (Lipinski definition) is 1. The van der Waals surface area contributed by atoms with E-state index >= 15 is 0 Å². The van der Waals surface area contributed by atoms with Crippen molar-refractivity contribution in [2.75, 3.05) is 0 Å². The van der Waals surface area contributed by atoms with Gasteiger partial charge < -0.3 is 10.5 Å². The zero-order valence-corrected chi connectivity index (χ0v) is 11.8. The van der Waals surface area contributed by atoms with E-state index in [0.29, 0.717) is 11.3 Å². The van der Waals surface area contributed by atoms with Crippen LogP contribution < -0.4 is 10.5 Å². The second-order valence-electron chi connectivity index (χ2n) is 5.01. The molecule has 1 atom stereocenters. The Morgan fingerprint density at radius 1 is 1.29 bits per heavy atom. The van der Waals surface area contributed by atoms with E-state index in [1.807, 2.05) is 37.3 Å². The predicted octanol–water partition coefficient (Wildman–Crippen LogP) is 3.17. The molecule has 2 aromatic carbocycles. The van der Waals surface area contributed by atoms with Crippen LogP contribution in [0.3, 0.4) is 0 Å². The molecular weight excluding hydrogens is 267 g/mol. The van der Waals surface area contributed by atoms with Crippen LogP contribution in [0.4, 0.5) is 4.39 Å². The second-order valence-corrected chi connectivity index (χ2v) is 5.01. The van der Waals surface area contributed by atoms with Crippen molar-refractivity contribution in [3.05, 3.63) is 65.0 Å². The number of benzene rings is 2. The number of halogens is 1. The highest BCUT2D eigenvalue weighted by Crippen LogP contribution is 2.18. The van der Waals surface area contributed by atoms with Crippen molar-refractivity contribution in [1.29, 1.82) is 5.26 Å². The number of rotatable bonds is 5. The molecule has 0 heterocycles. The van der Waals surface area contributed by atoms with Crippen LogP contribution in [0.15, 0.2) is 42.5 Å². The van der Waals surface area contributed by atoms with E-state index in [9.17, 15) is 4.39 Å². The zero-order chi connectivity index (χ0) is 15.2. The Kier molecular flexibility index (Phi) is 4.91. The molecule has 2 aromatic rings. The average molecular weight is 284 g/mol. The Balaban J connectivity index is 2.08. The first-order valence-electron chi connectivity index (χ1n) is 6.75. The summed E-state index contributed by atoms with van der Waals surface area (Å²) in [5.74, 6) is 0.140. The number of ether oxygens (including phenoxy) is 1. The summed E-state index contributed by atoms with van der Waals surface area (Å²) in [4.78, 5) is 0. The number of nitriles is 1. The first kappa shape index (κ1) is 15.0. The molecule has 0 fully saturated rings. The van der Waals surface area contributed by atoms with Crippen molar-refractivity contribution >= 4 is 0 Å². The molecule has 1 unspecified atom stereocenters. The molecule has 2 N–H and O–H groups in total. The second kappa shape index (κ2) is 6.87. The van der Waals surface area contributed by atoms with Crippen LogP contribution in [-0.2, 0) is 13.0 Å². The molecule has 3 nitrogen and oxygen atoms in total. The third kappa shape index (κ3) is 4.04. The highest BCUT2D eigenvalue weighted by atomic mass is 19.1. The molecule has 0 saturated heterocycles. The van der Waals surface area contributed by atoms with Gasteiger partial charge in [-0.25, -0.2) is 4.39 Å². The van der Waals surface area contributed by atoms with Gasteiger partial charge in [0.1, 0.15) is 24.2 Å². The lowest BCUT2D eigenvalue weighted by atomic mass is 10.1.